The Labute approximate surface area is 167 Å². The predicted molar refractivity (Wildman–Crippen MR) is 107 cm³/mol. The molecule has 0 bridgehead atoms. The fourth-order valence-corrected chi connectivity index (χ4v) is 3.45. The SMILES string of the molecule is CCOc1c(Br)cc(/C=C2\N=C(c3ccccc3Br)OC2=O)cc1OC. The molecule has 2 aromatic carbocycles. The first-order valence-corrected chi connectivity index (χ1v) is 9.40. The minimum atomic E-state index is -0.500. The van der Waals surface area contributed by atoms with Crippen molar-refractivity contribution in [1.29, 1.82) is 0 Å². The van der Waals surface area contributed by atoms with E-state index < -0.39 is 5.97 Å². The Morgan fingerprint density at radius 1 is 1.19 bits per heavy atom. The van der Waals surface area contributed by atoms with E-state index in [1.807, 2.05) is 37.3 Å². The summed E-state index contributed by atoms with van der Waals surface area (Å²) in [7, 11) is 1.56. The monoisotopic (exact) mass is 479 g/mol. The number of halogens is 2. The molecule has 5 nitrogen and oxygen atoms in total. The molecular weight excluding hydrogens is 466 g/mol. The lowest BCUT2D eigenvalue weighted by molar-refractivity contribution is -0.129. The Morgan fingerprint density at radius 2 is 1.96 bits per heavy atom. The maximum atomic E-state index is 12.2. The molecule has 1 aliphatic rings. The quantitative estimate of drug-likeness (QED) is 0.448. The molecule has 26 heavy (non-hydrogen) atoms. The lowest BCUT2D eigenvalue weighted by Gasteiger charge is -2.12. The molecule has 0 saturated heterocycles. The molecule has 0 aromatic heterocycles. The molecule has 134 valence electrons. The van der Waals surface area contributed by atoms with E-state index in [0.29, 0.717) is 18.1 Å². The smallest absolute Gasteiger partial charge is 0.363 e. The number of ether oxygens (including phenoxy) is 3. The van der Waals surface area contributed by atoms with E-state index in [4.69, 9.17) is 14.2 Å². The molecule has 3 rings (SSSR count). The van der Waals surface area contributed by atoms with Gasteiger partial charge >= 0.3 is 5.97 Å². The summed E-state index contributed by atoms with van der Waals surface area (Å²) in [5.41, 5.74) is 1.67. The van der Waals surface area contributed by atoms with Crippen LogP contribution in [0.3, 0.4) is 0 Å². The number of nitrogens with zero attached hydrogens (tertiary/aromatic N) is 1. The van der Waals surface area contributed by atoms with Crippen LogP contribution in [-0.4, -0.2) is 25.6 Å². The van der Waals surface area contributed by atoms with Crippen LogP contribution in [0.4, 0.5) is 0 Å². The molecule has 0 N–H and O–H groups in total. The first-order valence-electron chi connectivity index (χ1n) is 7.81. The number of rotatable bonds is 5. The number of hydrogen-bond acceptors (Lipinski definition) is 5. The molecule has 1 heterocycles. The van der Waals surface area contributed by atoms with Crippen molar-refractivity contribution >= 4 is 49.8 Å². The van der Waals surface area contributed by atoms with Gasteiger partial charge in [0.25, 0.3) is 0 Å². The largest absolute Gasteiger partial charge is 0.493 e. The van der Waals surface area contributed by atoms with Gasteiger partial charge in [0.1, 0.15) is 0 Å². The summed E-state index contributed by atoms with van der Waals surface area (Å²) >= 11 is 6.91. The highest BCUT2D eigenvalue weighted by Gasteiger charge is 2.25. The Balaban J connectivity index is 1.98. The van der Waals surface area contributed by atoms with E-state index in [0.717, 1.165) is 20.1 Å². The van der Waals surface area contributed by atoms with Crippen LogP contribution in [0.25, 0.3) is 6.08 Å². The first kappa shape index (κ1) is 18.7. The number of benzene rings is 2. The van der Waals surface area contributed by atoms with Crippen LogP contribution in [0, 0.1) is 0 Å². The van der Waals surface area contributed by atoms with Crippen molar-refractivity contribution in [3.05, 3.63) is 62.2 Å². The van der Waals surface area contributed by atoms with Crippen molar-refractivity contribution in [3.63, 3.8) is 0 Å². The van der Waals surface area contributed by atoms with Crippen molar-refractivity contribution < 1.29 is 19.0 Å². The van der Waals surface area contributed by atoms with Gasteiger partial charge in [0.05, 0.1) is 23.8 Å². The maximum absolute atomic E-state index is 12.2. The highest BCUT2D eigenvalue weighted by atomic mass is 79.9. The van der Waals surface area contributed by atoms with Gasteiger partial charge in [-0.15, -0.1) is 0 Å². The minimum Gasteiger partial charge on any atom is -0.493 e. The van der Waals surface area contributed by atoms with E-state index >= 15 is 0 Å². The summed E-state index contributed by atoms with van der Waals surface area (Å²) in [5.74, 6) is 0.948. The predicted octanol–water partition coefficient (Wildman–Crippen LogP) is 4.96. The molecule has 7 heteroatoms. The van der Waals surface area contributed by atoms with Crippen molar-refractivity contribution in [2.45, 2.75) is 6.92 Å². The van der Waals surface area contributed by atoms with Crippen LogP contribution in [0.5, 0.6) is 11.5 Å². The summed E-state index contributed by atoms with van der Waals surface area (Å²) in [5, 5.41) is 0. The molecule has 0 amide bonds. The molecule has 0 fully saturated rings. The number of carbonyl (C=O) groups excluding carboxylic acids is 1. The van der Waals surface area contributed by atoms with Crippen molar-refractivity contribution in [3.8, 4) is 11.5 Å². The summed E-state index contributed by atoms with van der Waals surface area (Å²) in [6.45, 7) is 2.41. The zero-order chi connectivity index (χ0) is 18.7. The molecule has 0 aliphatic carbocycles. The second-order valence-corrected chi connectivity index (χ2v) is 6.99. The van der Waals surface area contributed by atoms with E-state index in [9.17, 15) is 4.79 Å². The Hall–Kier alpha value is -2.12. The molecular formula is C19H15Br2NO4. The zero-order valence-electron chi connectivity index (χ0n) is 14.1. The van der Waals surface area contributed by atoms with Gasteiger partial charge in [0.2, 0.25) is 5.90 Å². The summed E-state index contributed by atoms with van der Waals surface area (Å²) < 4.78 is 17.8. The third-order valence-corrected chi connectivity index (χ3v) is 4.85. The number of aliphatic imine (C=N–C) groups is 1. The molecule has 0 unspecified atom stereocenters. The molecule has 0 spiro atoms. The fraction of sp³-hybridized carbons (Fsp3) is 0.158. The topological polar surface area (TPSA) is 57.1 Å². The standard InChI is InChI=1S/C19H15Br2NO4/c1-3-25-17-14(21)8-11(10-16(17)24-2)9-15-19(23)26-18(22-15)12-6-4-5-7-13(12)20/h4-10H,3H2,1-2H3/b15-9-. The highest BCUT2D eigenvalue weighted by Crippen LogP contribution is 2.37. The van der Waals surface area contributed by atoms with Crippen molar-refractivity contribution in [1.82, 2.24) is 0 Å². The Morgan fingerprint density at radius 3 is 2.65 bits per heavy atom. The highest BCUT2D eigenvalue weighted by molar-refractivity contribution is 9.10. The minimum absolute atomic E-state index is 0.217. The van der Waals surface area contributed by atoms with Gasteiger partial charge in [-0.05, 0) is 74.7 Å². The van der Waals surface area contributed by atoms with Gasteiger partial charge in [0.15, 0.2) is 17.2 Å². The zero-order valence-corrected chi connectivity index (χ0v) is 17.3. The lowest BCUT2D eigenvalue weighted by atomic mass is 10.1. The third kappa shape index (κ3) is 3.83. The lowest BCUT2D eigenvalue weighted by Crippen LogP contribution is -2.05. The number of esters is 1. The van der Waals surface area contributed by atoms with E-state index in [1.165, 1.54) is 0 Å². The van der Waals surface area contributed by atoms with Gasteiger partial charge in [-0.25, -0.2) is 9.79 Å². The van der Waals surface area contributed by atoms with Crippen LogP contribution >= 0.6 is 31.9 Å². The van der Waals surface area contributed by atoms with Gasteiger partial charge in [-0.2, -0.15) is 0 Å². The molecule has 1 aliphatic heterocycles. The van der Waals surface area contributed by atoms with Gasteiger partial charge in [-0.3, -0.25) is 0 Å². The van der Waals surface area contributed by atoms with Crippen molar-refractivity contribution in [2.24, 2.45) is 4.99 Å². The third-order valence-electron chi connectivity index (χ3n) is 3.57. The number of cyclic esters (lactones) is 1. The maximum Gasteiger partial charge on any atom is 0.363 e. The average Bonchev–Trinajstić information content (AvgIpc) is 2.98. The molecule has 0 radical (unpaired) electrons. The number of methoxy groups -OCH3 is 1. The second kappa shape index (κ2) is 8.05. The van der Waals surface area contributed by atoms with E-state index in [-0.39, 0.29) is 11.6 Å². The number of hydrogen-bond donors (Lipinski definition) is 0. The van der Waals surface area contributed by atoms with Crippen LogP contribution in [-0.2, 0) is 9.53 Å². The molecule has 0 atom stereocenters. The van der Waals surface area contributed by atoms with Gasteiger partial charge < -0.3 is 14.2 Å². The summed E-state index contributed by atoms with van der Waals surface area (Å²) in [6.07, 6.45) is 1.65. The molecule has 0 saturated carbocycles. The van der Waals surface area contributed by atoms with E-state index in [2.05, 4.69) is 36.9 Å². The van der Waals surface area contributed by atoms with Crippen LogP contribution in [0.1, 0.15) is 18.1 Å². The fourth-order valence-electron chi connectivity index (χ4n) is 2.42. The average molecular weight is 481 g/mol. The van der Waals surface area contributed by atoms with Crippen molar-refractivity contribution in [2.75, 3.05) is 13.7 Å². The van der Waals surface area contributed by atoms with Crippen LogP contribution < -0.4 is 9.47 Å². The normalized spacial score (nSPS) is 15.0. The first-order chi connectivity index (χ1) is 12.5. The Kier molecular flexibility index (Phi) is 5.78. The van der Waals surface area contributed by atoms with Crippen LogP contribution in [0.15, 0.2) is 56.0 Å². The van der Waals surface area contributed by atoms with Gasteiger partial charge in [-0.1, -0.05) is 12.1 Å². The second-order valence-electron chi connectivity index (χ2n) is 5.28. The summed E-state index contributed by atoms with van der Waals surface area (Å²) in [4.78, 5) is 16.5. The van der Waals surface area contributed by atoms with E-state index in [1.54, 1.807) is 19.3 Å². The number of carbonyl (C=O) groups is 1. The molecule has 2 aromatic rings. The Bertz CT molecular complexity index is 922. The van der Waals surface area contributed by atoms with Gasteiger partial charge in [0, 0.05) is 4.47 Å². The summed E-state index contributed by atoms with van der Waals surface area (Å²) in [6, 6.07) is 11.0. The van der Waals surface area contributed by atoms with Crippen LogP contribution in [0.2, 0.25) is 0 Å².